The number of hydrogen-bond acceptors (Lipinski definition) is 6. The van der Waals surface area contributed by atoms with E-state index in [4.69, 9.17) is 9.47 Å². The molecule has 3 aromatic carbocycles. The molecule has 2 aliphatic rings. The Morgan fingerprint density at radius 2 is 1.70 bits per heavy atom. The molecule has 2 heterocycles. The molecule has 0 spiro atoms. The number of benzene rings is 3. The SMILES string of the molecule is C[C@H](NC(=O)N(CCCN1CCOCC1)Cc1ccc(CNC2CCN(C(=O)OC(C)(C)C)C2)cc1)c1cccc2ccccc12. The van der Waals surface area contributed by atoms with Crippen LogP contribution in [0.3, 0.4) is 0 Å². The quantitative estimate of drug-likeness (QED) is 0.273. The van der Waals surface area contributed by atoms with Crippen molar-refractivity contribution in [3.05, 3.63) is 83.4 Å². The van der Waals surface area contributed by atoms with Crippen molar-refractivity contribution in [3.63, 3.8) is 0 Å². The molecule has 248 valence electrons. The molecule has 3 aromatic rings. The van der Waals surface area contributed by atoms with Gasteiger partial charge in [-0.1, -0.05) is 66.7 Å². The smallest absolute Gasteiger partial charge is 0.410 e. The van der Waals surface area contributed by atoms with E-state index in [9.17, 15) is 9.59 Å². The molecule has 3 amide bonds. The molecule has 0 aromatic heterocycles. The minimum atomic E-state index is -0.488. The molecular weight excluding hydrogens is 578 g/mol. The minimum Gasteiger partial charge on any atom is -0.444 e. The molecule has 5 rings (SSSR count). The topological polar surface area (TPSA) is 86.4 Å². The number of carbonyl (C=O) groups is 2. The summed E-state index contributed by atoms with van der Waals surface area (Å²) in [6.45, 7) is 15.4. The number of rotatable bonds is 11. The number of fused-ring (bicyclic) bond motifs is 1. The van der Waals surface area contributed by atoms with Crippen molar-refractivity contribution in [1.29, 1.82) is 0 Å². The monoisotopic (exact) mass is 629 g/mol. The molecule has 0 saturated carbocycles. The Morgan fingerprint density at radius 1 is 0.978 bits per heavy atom. The van der Waals surface area contributed by atoms with Crippen molar-refractivity contribution in [1.82, 2.24) is 25.3 Å². The van der Waals surface area contributed by atoms with Crippen molar-refractivity contribution in [2.24, 2.45) is 0 Å². The Hall–Kier alpha value is -3.66. The lowest BCUT2D eigenvalue weighted by molar-refractivity contribution is 0.0291. The highest BCUT2D eigenvalue weighted by molar-refractivity contribution is 5.86. The average molecular weight is 630 g/mol. The summed E-state index contributed by atoms with van der Waals surface area (Å²) in [6.07, 6.45) is 1.56. The molecule has 2 atom stereocenters. The summed E-state index contributed by atoms with van der Waals surface area (Å²) in [5.41, 5.74) is 2.90. The Bertz CT molecular complexity index is 1430. The van der Waals surface area contributed by atoms with Crippen LogP contribution >= 0.6 is 0 Å². The van der Waals surface area contributed by atoms with Crippen LogP contribution in [0.25, 0.3) is 10.8 Å². The van der Waals surface area contributed by atoms with Crippen LogP contribution in [-0.4, -0.2) is 90.9 Å². The second kappa shape index (κ2) is 15.8. The van der Waals surface area contributed by atoms with Gasteiger partial charge in [0.15, 0.2) is 0 Å². The standard InChI is InChI=1S/C37H51N5O4/c1-28(33-12-7-10-31-9-5-6-11-34(31)33)39-35(43)41(19-8-18-40-21-23-45-24-22-40)26-30-15-13-29(14-16-30)25-38-32-17-20-42(27-32)36(44)46-37(2,3)4/h5-7,9-16,28,32,38H,8,17-27H2,1-4H3,(H,39,43)/t28-,32?/m0/s1. The van der Waals surface area contributed by atoms with E-state index in [1.54, 1.807) is 4.90 Å². The van der Waals surface area contributed by atoms with Crippen LogP contribution < -0.4 is 10.6 Å². The van der Waals surface area contributed by atoms with Crippen molar-refractivity contribution < 1.29 is 19.1 Å². The number of morpholine rings is 1. The molecule has 0 aliphatic carbocycles. The fourth-order valence-corrected chi connectivity index (χ4v) is 6.21. The Kier molecular flexibility index (Phi) is 11.5. The minimum absolute atomic E-state index is 0.0519. The third kappa shape index (κ3) is 9.67. The van der Waals surface area contributed by atoms with Crippen LogP contribution in [0.2, 0.25) is 0 Å². The second-order valence-corrected chi connectivity index (χ2v) is 13.6. The molecule has 9 nitrogen and oxygen atoms in total. The van der Waals surface area contributed by atoms with E-state index < -0.39 is 5.60 Å². The molecule has 2 N–H and O–H groups in total. The van der Waals surface area contributed by atoms with Gasteiger partial charge in [0.1, 0.15) is 5.60 Å². The third-order valence-electron chi connectivity index (χ3n) is 8.75. The number of urea groups is 1. The normalized spacial score (nSPS) is 18.0. The van der Waals surface area contributed by atoms with Gasteiger partial charge in [-0.15, -0.1) is 0 Å². The fourth-order valence-electron chi connectivity index (χ4n) is 6.21. The Morgan fingerprint density at radius 3 is 2.46 bits per heavy atom. The van der Waals surface area contributed by atoms with E-state index in [1.807, 2.05) is 37.8 Å². The summed E-state index contributed by atoms with van der Waals surface area (Å²) in [7, 11) is 0. The lowest BCUT2D eigenvalue weighted by atomic mass is 10.00. The zero-order valence-corrected chi connectivity index (χ0v) is 28.0. The van der Waals surface area contributed by atoms with Gasteiger partial charge >= 0.3 is 12.1 Å². The molecule has 2 saturated heterocycles. The first-order valence-electron chi connectivity index (χ1n) is 16.8. The van der Waals surface area contributed by atoms with Crippen LogP contribution in [-0.2, 0) is 22.6 Å². The van der Waals surface area contributed by atoms with Gasteiger partial charge in [0.25, 0.3) is 0 Å². The van der Waals surface area contributed by atoms with Crippen molar-refractivity contribution in [2.75, 3.05) is 52.5 Å². The first-order chi connectivity index (χ1) is 22.1. The van der Waals surface area contributed by atoms with E-state index in [0.717, 1.165) is 68.7 Å². The number of likely N-dealkylation sites (tertiary alicyclic amines) is 1. The summed E-state index contributed by atoms with van der Waals surface area (Å²) in [6, 6.07) is 23.1. The van der Waals surface area contributed by atoms with Crippen molar-refractivity contribution in [2.45, 2.75) is 71.3 Å². The number of hydrogen-bond donors (Lipinski definition) is 2. The highest BCUT2D eigenvalue weighted by Gasteiger charge is 2.29. The van der Waals surface area contributed by atoms with Crippen LogP contribution in [0.5, 0.6) is 0 Å². The highest BCUT2D eigenvalue weighted by atomic mass is 16.6. The average Bonchev–Trinajstić information content (AvgIpc) is 3.53. The van der Waals surface area contributed by atoms with Gasteiger partial charge in [0.2, 0.25) is 0 Å². The largest absolute Gasteiger partial charge is 0.444 e. The number of amides is 3. The molecule has 2 aliphatic heterocycles. The first kappa shape index (κ1) is 33.7. The maximum absolute atomic E-state index is 13.8. The Balaban J connectivity index is 1.17. The van der Waals surface area contributed by atoms with Crippen LogP contribution in [0.15, 0.2) is 66.7 Å². The third-order valence-corrected chi connectivity index (χ3v) is 8.75. The summed E-state index contributed by atoms with van der Waals surface area (Å²) in [5.74, 6) is 0. The molecular formula is C37H51N5O4. The highest BCUT2D eigenvalue weighted by Crippen LogP contribution is 2.24. The predicted octanol–water partition coefficient (Wildman–Crippen LogP) is 5.93. The number of carbonyl (C=O) groups excluding carboxylic acids is 2. The molecule has 9 heteroatoms. The van der Waals surface area contributed by atoms with Crippen LogP contribution in [0, 0.1) is 0 Å². The number of nitrogens with zero attached hydrogens (tertiary/aromatic N) is 3. The van der Waals surface area contributed by atoms with Gasteiger partial charge in [-0.05, 0) is 68.0 Å². The van der Waals surface area contributed by atoms with E-state index in [2.05, 4.69) is 77.1 Å². The van der Waals surface area contributed by atoms with Gasteiger partial charge in [-0.3, -0.25) is 4.90 Å². The summed E-state index contributed by atoms with van der Waals surface area (Å²) in [4.78, 5) is 32.3. The number of ether oxygens (including phenoxy) is 2. The van der Waals surface area contributed by atoms with Gasteiger partial charge in [0, 0.05) is 58.4 Å². The molecule has 0 radical (unpaired) electrons. The molecule has 2 fully saturated rings. The van der Waals surface area contributed by atoms with Gasteiger partial charge in [-0.25, -0.2) is 9.59 Å². The second-order valence-electron chi connectivity index (χ2n) is 13.6. The van der Waals surface area contributed by atoms with Crippen LogP contribution in [0.1, 0.15) is 63.3 Å². The van der Waals surface area contributed by atoms with Crippen molar-refractivity contribution in [3.8, 4) is 0 Å². The summed E-state index contributed by atoms with van der Waals surface area (Å²) >= 11 is 0. The Labute approximate surface area is 274 Å². The van der Waals surface area contributed by atoms with Gasteiger partial charge in [-0.2, -0.15) is 0 Å². The number of nitrogens with one attached hydrogen (secondary N) is 2. The molecule has 1 unspecified atom stereocenters. The zero-order chi connectivity index (χ0) is 32.5. The summed E-state index contributed by atoms with van der Waals surface area (Å²) in [5, 5.41) is 9.22. The van der Waals surface area contributed by atoms with E-state index in [1.165, 1.54) is 10.9 Å². The first-order valence-corrected chi connectivity index (χ1v) is 16.8. The maximum Gasteiger partial charge on any atom is 0.410 e. The molecule has 0 bridgehead atoms. The predicted molar refractivity (Wildman–Crippen MR) is 183 cm³/mol. The zero-order valence-electron chi connectivity index (χ0n) is 28.0. The van der Waals surface area contributed by atoms with Crippen LogP contribution in [0.4, 0.5) is 9.59 Å². The molecule has 46 heavy (non-hydrogen) atoms. The lowest BCUT2D eigenvalue weighted by Crippen LogP contribution is -2.43. The lowest BCUT2D eigenvalue weighted by Gasteiger charge is -2.29. The van der Waals surface area contributed by atoms with E-state index >= 15 is 0 Å². The van der Waals surface area contributed by atoms with E-state index in [0.29, 0.717) is 26.2 Å². The van der Waals surface area contributed by atoms with Crippen molar-refractivity contribution >= 4 is 22.9 Å². The van der Waals surface area contributed by atoms with Gasteiger partial charge in [0.05, 0.1) is 19.3 Å². The van der Waals surface area contributed by atoms with Gasteiger partial charge < -0.3 is 29.9 Å². The van der Waals surface area contributed by atoms with E-state index in [-0.39, 0.29) is 24.2 Å². The maximum atomic E-state index is 13.8. The fraction of sp³-hybridized carbons (Fsp3) is 0.514. The summed E-state index contributed by atoms with van der Waals surface area (Å²) < 4.78 is 11.0.